The van der Waals surface area contributed by atoms with E-state index in [0.717, 1.165) is 6.07 Å². The SMILES string of the molecule is C[C@@H]1CC(=O)Nc2ccccc2N1C(=O)COc1ccc([N+](=O)[O-])cc1C=O. The molecule has 9 nitrogen and oxygen atoms in total. The first kappa shape index (κ1) is 19.0. The van der Waals surface area contributed by atoms with Crippen molar-refractivity contribution in [1.29, 1.82) is 0 Å². The number of ether oxygens (including phenoxy) is 1. The molecule has 2 amide bonds. The van der Waals surface area contributed by atoms with Crippen molar-refractivity contribution in [2.24, 2.45) is 0 Å². The highest BCUT2D eigenvalue weighted by molar-refractivity contribution is 6.04. The van der Waals surface area contributed by atoms with Crippen LogP contribution in [0.2, 0.25) is 0 Å². The predicted octanol–water partition coefficient (Wildman–Crippen LogP) is 2.55. The molecule has 144 valence electrons. The van der Waals surface area contributed by atoms with E-state index in [-0.39, 0.29) is 29.3 Å². The largest absolute Gasteiger partial charge is 0.483 e. The molecule has 1 aliphatic rings. The number of fused-ring (bicyclic) bond motifs is 1. The minimum Gasteiger partial charge on any atom is -0.483 e. The van der Waals surface area contributed by atoms with Gasteiger partial charge in [-0.25, -0.2) is 0 Å². The first-order valence-electron chi connectivity index (χ1n) is 8.48. The second-order valence-corrected chi connectivity index (χ2v) is 6.27. The first-order chi connectivity index (χ1) is 13.4. The van der Waals surface area contributed by atoms with Gasteiger partial charge >= 0.3 is 0 Å². The smallest absolute Gasteiger partial charge is 0.270 e. The maximum absolute atomic E-state index is 12.8. The van der Waals surface area contributed by atoms with Crippen molar-refractivity contribution in [2.75, 3.05) is 16.8 Å². The minimum absolute atomic E-state index is 0.0249. The first-order valence-corrected chi connectivity index (χ1v) is 8.48. The number of aldehydes is 1. The Kier molecular flexibility index (Phi) is 5.35. The molecular formula is C19H17N3O6. The van der Waals surface area contributed by atoms with Gasteiger partial charge in [-0.05, 0) is 25.1 Å². The van der Waals surface area contributed by atoms with Crippen LogP contribution in [0.25, 0.3) is 0 Å². The number of nitrogens with zero attached hydrogens (tertiary/aromatic N) is 2. The van der Waals surface area contributed by atoms with Crippen LogP contribution in [0.15, 0.2) is 42.5 Å². The molecule has 3 rings (SSSR count). The van der Waals surface area contributed by atoms with Crippen molar-refractivity contribution in [2.45, 2.75) is 19.4 Å². The van der Waals surface area contributed by atoms with Gasteiger partial charge in [0.1, 0.15) is 5.75 Å². The summed E-state index contributed by atoms with van der Waals surface area (Å²) in [4.78, 5) is 47.7. The monoisotopic (exact) mass is 383 g/mol. The highest BCUT2D eigenvalue weighted by atomic mass is 16.6. The van der Waals surface area contributed by atoms with E-state index in [4.69, 9.17) is 4.74 Å². The van der Waals surface area contributed by atoms with Crippen LogP contribution < -0.4 is 15.0 Å². The standard InChI is InChI=1S/C19H17N3O6/c1-12-8-18(24)20-15-4-2-3-5-16(15)21(12)19(25)11-28-17-7-6-14(22(26)27)9-13(17)10-23/h2-7,9-10,12H,8,11H2,1H3,(H,20,24)/t12-/m1/s1. The average molecular weight is 383 g/mol. The number of anilines is 2. The zero-order chi connectivity index (χ0) is 20.3. The van der Waals surface area contributed by atoms with Crippen LogP contribution in [0.5, 0.6) is 5.75 Å². The van der Waals surface area contributed by atoms with Gasteiger partial charge in [-0.2, -0.15) is 0 Å². The van der Waals surface area contributed by atoms with Crippen molar-refractivity contribution < 1.29 is 24.0 Å². The number of nitrogens with one attached hydrogen (secondary N) is 1. The lowest BCUT2D eigenvalue weighted by atomic mass is 10.1. The lowest BCUT2D eigenvalue weighted by molar-refractivity contribution is -0.384. The van der Waals surface area contributed by atoms with E-state index in [1.807, 2.05) is 0 Å². The summed E-state index contributed by atoms with van der Waals surface area (Å²) in [6.45, 7) is 1.35. The fourth-order valence-electron chi connectivity index (χ4n) is 3.05. The number of non-ortho nitro benzene ring substituents is 1. The second kappa shape index (κ2) is 7.87. The summed E-state index contributed by atoms with van der Waals surface area (Å²) in [6.07, 6.45) is 0.552. The molecule has 0 unspecified atom stereocenters. The number of nitro benzene ring substituents is 1. The number of hydrogen-bond donors (Lipinski definition) is 1. The van der Waals surface area contributed by atoms with E-state index < -0.39 is 23.5 Å². The van der Waals surface area contributed by atoms with Gasteiger partial charge in [0, 0.05) is 24.6 Å². The van der Waals surface area contributed by atoms with Crippen LogP contribution in [0.4, 0.5) is 17.1 Å². The minimum atomic E-state index is -0.623. The Hall–Kier alpha value is -3.75. The van der Waals surface area contributed by atoms with Gasteiger partial charge in [0.25, 0.3) is 11.6 Å². The van der Waals surface area contributed by atoms with E-state index in [9.17, 15) is 24.5 Å². The van der Waals surface area contributed by atoms with Crippen LogP contribution in [0.3, 0.4) is 0 Å². The Morgan fingerprint density at radius 2 is 2.11 bits per heavy atom. The highest BCUT2D eigenvalue weighted by Gasteiger charge is 2.29. The second-order valence-electron chi connectivity index (χ2n) is 6.27. The molecule has 0 aromatic heterocycles. The van der Waals surface area contributed by atoms with Crippen LogP contribution >= 0.6 is 0 Å². The number of para-hydroxylation sites is 2. The van der Waals surface area contributed by atoms with Crippen molar-refractivity contribution >= 4 is 35.2 Å². The molecule has 2 aromatic carbocycles. The number of rotatable bonds is 5. The number of benzene rings is 2. The molecule has 0 spiro atoms. The van der Waals surface area contributed by atoms with Crippen molar-refractivity contribution in [3.05, 3.63) is 58.1 Å². The average Bonchev–Trinajstić information content (AvgIpc) is 2.80. The number of carbonyl (C=O) groups excluding carboxylic acids is 3. The van der Waals surface area contributed by atoms with Crippen molar-refractivity contribution in [3.63, 3.8) is 0 Å². The number of nitro groups is 1. The Balaban J connectivity index is 1.82. The fraction of sp³-hybridized carbons (Fsp3) is 0.211. The summed E-state index contributed by atoms with van der Waals surface area (Å²) >= 11 is 0. The Labute approximate surface area is 160 Å². The van der Waals surface area contributed by atoms with Gasteiger partial charge < -0.3 is 15.0 Å². The van der Waals surface area contributed by atoms with Gasteiger partial charge in [0.2, 0.25) is 5.91 Å². The third-order valence-corrected chi connectivity index (χ3v) is 4.31. The normalized spacial score (nSPS) is 15.8. The number of amides is 2. The Morgan fingerprint density at radius 3 is 2.82 bits per heavy atom. The van der Waals surface area contributed by atoms with Crippen LogP contribution in [0, 0.1) is 10.1 Å². The molecule has 0 saturated carbocycles. The number of hydrogen-bond acceptors (Lipinski definition) is 6. The number of carbonyl (C=O) groups is 3. The molecule has 1 atom stereocenters. The molecule has 0 aliphatic carbocycles. The molecule has 0 radical (unpaired) electrons. The molecular weight excluding hydrogens is 366 g/mol. The van der Waals surface area contributed by atoms with E-state index in [1.165, 1.54) is 17.0 Å². The molecule has 1 aliphatic heterocycles. The van der Waals surface area contributed by atoms with Crippen LogP contribution in [0.1, 0.15) is 23.7 Å². The predicted molar refractivity (Wildman–Crippen MR) is 101 cm³/mol. The summed E-state index contributed by atoms with van der Waals surface area (Å²) in [7, 11) is 0. The van der Waals surface area contributed by atoms with E-state index in [2.05, 4.69) is 5.32 Å². The quantitative estimate of drug-likeness (QED) is 0.481. The zero-order valence-corrected chi connectivity index (χ0v) is 15.0. The third-order valence-electron chi connectivity index (χ3n) is 4.31. The highest BCUT2D eigenvalue weighted by Crippen LogP contribution is 2.31. The summed E-state index contributed by atoms with van der Waals surface area (Å²) < 4.78 is 5.46. The maximum atomic E-state index is 12.8. The maximum Gasteiger partial charge on any atom is 0.270 e. The molecule has 2 aromatic rings. The fourth-order valence-corrected chi connectivity index (χ4v) is 3.05. The molecule has 0 saturated heterocycles. The van der Waals surface area contributed by atoms with Crippen LogP contribution in [-0.4, -0.2) is 35.7 Å². The van der Waals surface area contributed by atoms with Crippen molar-refractivity contribution in [1.82, 2.24) is 0 Å². The summed E-state index contributed by atoms with van der Waals surface area (Å²) in [5.74, 6) is -0.541. The van der Waals surface area contributed by atoms with Gasteiger partial charge in [0.05, 0.1) is 21.9 Å². The molecule has 0 fully saturated rings. The molecule has 0 bridgehead atoms. The summed E-state index contributed by atoms with van der Waals surface area (Å²) in [5.41, 5.74) is 0.798. The lowest BCUT2D eigenvalue weighted by Gasteiger charge is -2.27. The summed E-state index contributed by atoms with van der Waals surface area (Å²) in [5, 5.41) is 13.6. The Bertz CT molecular complexity index is 958. The molecule has 1 heterocycles. The lowest BCUT2D eigenvalue weighted by Crippen LogP contribution is -2.41. The zero-order valence-electron chi connectivity index (χ0n) is 15.0. The van der Waals surface area contributed by atoms with Gasteiger partial charge in [0.15, 0.2) is 12.9 Å². The molecule has 1 N–H and O–H groups in total. The van der Waals surface area contributed by atoms with Gasteiger partial charge in [-0.1, -0.05) is 12.1 Å². The molecule has 28 heavy (non-hydrogen) atoms. The van der Waals surface area contributed by atoms with E-state index in [0.29, 0.717) is 17.7 Å². The third kappa shape index (κ3) is 3.83. The van der Waals surface area contributed by atoms with Crippen molar-refractivity contribution in [3.8, 4) is 5.75 Å². The van der Waals surface area contributed by atoms with Gasteiger partial charge in [-0.15, -0.1) is 0 Å². The van der Waals surface area contributed by atoms with Crippen LogP contribution in [-0.2, 0) is 9.59 Å². The van der Waals surface area contributed by atoms with E-state index >= 15 is 0 Å². The Morgan fingerprint density at radius 1 is 1.36 bits per heavy atom. The van der Waals surface area contributed by atoms with E-state index in [1.54, 1.807) is 31.2 Å². The summed E-state index contributed by atoms with van der Waals surface area (Å²) in [6, 6.07) is 10.1. The topological polar surface area (TPSA) is 119 Å². The van der Waals surface area contributed by atoms with Gasteiger partial charge in [-0.3, -0.25) is 24.5 Å². The molecule has 9 heteroatoms.